The summed E-state index contributed by atoms with van der Waals surface area (Å²) in [7, 11) is 0. The molecule has 1 heterocycles. The topological polar surface area (TPSA) is 105 Å². The second-order valence-corrected chi connectivity index (χ2v) is 7.77. The molecular formula is C21H24ClN5O3. The maximum atomic E-state index is 10.3. The monoisotopic (exact) mass is 429 g/mol. The Morgan fingerprint density at radius 2 is 2.07 bits per heavy atom. The zero-order valence-corrected chi connectivity index (χ0v) is 17.2. The van der Waals surface area contributed by atoms with E-state index in [2.05, 4.69) is 38.1 Å². The maximum Gasteiger partial charge on any atom is 0.186 e. The van der Waals surface area contributed by atoms with Crippen LogP contribution in [0.25, 0.3) is 0 Å². The van der Waals surface area contributed by atoms with E-state index >= 15 is 0 Å². The molecule has 0 amide bonds. The highest BCUT2D eigenvalue weighted by molar-refractivity contribution is 6.30. The Morgan fingerprint density at radius 3 is 2.90 bits per heavy atom. The number of aliphatic hydroxyl groups excluding tert-OH is 1. The van der Waals surface area contributed by atoms with E-state index < -0.39 is 6.10 Å². The minimum atomic E-state index is -0.601. The van der Waals surface area contributed by atoms with E-state index in [1.54, 1.807) is 12.1 Å². The van der Waals surface area contributed by atoms with Crippen molar-refractivity contribution < 1.29 is 14.6 Å². The molecule has 2 atom stereocenters. The number of nitrogens with one attached hydrogen (secondary N) is 2. The Morgan fingerprint density at radius 1 is 1.17 bits per heavy atom. The lowest BCUT2D eigenvalue weighted by molar-refractivity contribution is 0.103. The highest BCUT2D eigenvalue weighted by Crippen LogP contribution is 2.26. The zero-order chi connectivity index (χ0) is 20.8. The van der Waals surface area contributed by atoms with Crippen LogP contribution >= 0.6 is 11.6 Å². The second kappa shape index (κ2) is 9.88. The molecule has 0 fully saturated rings. The summed E-state index contributed by atoms with van der Waals surface area (Å²) in [6.45, 7) is 0.979. The summed E-state index contributed by atoms with van der Waals surface area (Å²) >= 11 is 5.95. The number of nitrogens with zero attached hydrogens (tertiary/aromatic N) is 3. The van der Waals surface area contributed by atoms with Crippen molar-refractivity contribution >= 4 is 11.6 Å². The Labute approximate surface area is 179 Å². The summed E-state index contributed by atoms with van der Waals surface area (Å²) in [4.78, 5) is 0. The van der Waals surface area contributed by atoms with Gasteiger partial charge in [0, 0.05) is 17.6 Å². The van der Waals surface area contributed by atoms with Crippen molar-refractivity contribution in [2.24, 2.45) is 0 Å². The molecule has 0 bridgehead atoms. The molecule has 9 heteroatoms. The first kappa shape index (κ1) is 20.6. The van der Waals surface area contributed by atoms with Gasteiger partial charge in [0.05, 0.1) is 0 Å². The van der Waals surface area contributed by atoms with Gasteiger partial charge in [0.15, 0.2) is 5.82 Å². The first-order chi connectivity index (χ1) is 14.7. The normalized spacial score (nSPS) is 16.7. The largest absolute Gasteiger partial charge is 0.491 e. The van der Waals surface area contributed by atoms with E-state index in [1.807, 2.05) is 18.2 Å². The van der Waals surface area contributed by atoms with Gasteiger partial charge in [-0.3, -0.25) is 0 Å². The lowest BCUT2D eigenvalue weighted by atomic mass is 9.88. The van der Waals surface area contributed by atoms with Gasteiger partial charge >= 0.3 is 0 Å². The average Bonchev–Trinajstić information content (AvgIpc) is 3.28. The molecule has 4 rings (SSSR count). The lowest BCUT2D eigenvalue weighted by Gasteiger charge is -2.27. The number of aromatic amines is 1. The highest BCUT2D eigenvalue weighted by Gasteiger charge is 2.20. The van der Waals surface area contributed by atoms with Crippen LogP contribution in [0.3, 0.4) is 0 Å². The summed E-state index contributed by atoms with van der Waals surface area (Å²) in [5, 5.41) is 27.9. The molecular weight excluding hydrogens is 406 g/mol. The molecule has 0 spiro atoms. The van der Waals surface area contributed by atoms with Gasteiger partial charge < -0.3 is 19.9 Å². The van der Waals surface area contributed by atoms with Crippen LogP contribution in [0.15, 0.2) is 42.5 Å². The molecule has 2 aromatic carbocycles. The van der Waals surface area contributed by atoms with Crippen molar-refractivity contribution in [3.05, 3.63) is 64.4 Å². The second-order valence-electron chi connectivity index (χ2n) is 7.34. The summed E-state index contributed by atoms with van der Waals surface area (Å²) in [5.74, 6) is 2.03. The van der Waals surface area contributed by atoms with E-state index in [4.69, 9.17) is 21.1 Å². The van der Waals surface area contributed by atoms with Crippen LogP contribution in [-0.2, 0) is 19.4 Å². The zero-order valence-electron chi connectivity index (χ0n) is 16.4. The van der Waals surface area contributed by atoms with Gasteiger partial charge in [-0.2, -0.15) is 0 Å². The summed E-state index contributed by atoms with van der Waals surface area (Å²) in [6, 6.07) is 13.6. The van der Waals surface area contributed by atoms with E-state index in [1.165, 1.54) is 11.1 Å². The molecule has 1 aliphatic rings. The van der Waals surface area contributed by atoms with Gasteiger partial charge in [0.25, 0.3) is 0 Å². The third-order valence-corrected chi connectivity index (χ3v) is 5.29. The van der Waals surface area contributed by atoms with Crippen LogP contribution in [0.1, 0.15) is 23.4 Å². The molecule has 158 valence electrons. The molecule has 3 N–H and O–H groups in total. The van der Waals surface area contributed by atoms with Crippen LogP contribution in [0, 0.1) is 0 Å². The number of tetrazole rings is 1. The summed E-state index contributed by atoms with van der Waals surface area (Å²) in [5.41, 5.74) is 2.60. The number of aryl methyl sites for hydroxylation is 1. The fourth-order valence-corrected chi connectivity index (χ4v) is 3.68. The predicted octanol–water partition coefficient (Wildman–Crippen LogP) is 2.32. The maximum absolute atomic E-state index is 10.3. The van der Waals surface area contributed by atoms with Crippen LogP contribution in [0.5, 0.6) is 11.5 Å². The Balaban J connectivity index is 1.24. The van der Waals surface area contributed by atoms with E-state index in [9.17, 15) is 5.11 Å². The van der Waals surface area contributed by atoms with Gasteiger partial charge in [-0.1, -0.05) is 23.7 Å². The first-order valence-corrected chi connectivity index (χ1v) is 10.3. The minimum absolute atomic E-state index is 0.213. The molecule has 0 saturated heterocycles. The van der Waals surface area contributed by atoms with Gasteiger partial charge in [-0.25, -0.2) is 5.10 Å². The molecule has 3 aromatic rings. The van der Waals surface area contributed by atoms with Crippen molar-refractivity contribution in [1.82, 2.24) is 25.9 Å². The molecule has 0 unspecified atom stereocenters. The molecule has 0 radical (unpaired) electrons. The third kappa shape index (κ3) is 5.69. The highest BCUT2D eigenvalue weighted by atomic mass is 35.5. The number of rotatable bonds is 9. The van der Waals surface area contributed by atoms with Crippen LogP contribution in [0.4, 0.5) is 0 Å². The number of ether oxygens (including phenoxy) is 2. The first-order valence-electron chi connectivity index (χ1n) is 9.93. The number of aromatic nitrogens is 4. The fourth-order valence-electron chi connectivity index (χ4n) is 3.50. The molecule has 30 heavy (non-hydrogen) atoms. The average molecular weight is 430 g/mol. The molecule has 1 aromatic heterocycles. The number of H-pyrrole nitrogens is 1. The van der Waals surface area contributed by atoms with Crippen LogP contribution in [0.2, 0.25) is 5.02 Å². The standard InChI is InChI=1S/C21H24ClN5O3/c22-16-2-1-3-19(10-16)29-12-18(28)11-23-17-6-4-14-5-7-20(9-15(14)8-17)30-13-21-24-26-27-25-21/h1-3,5,7,9-10,17-18,23,28H,4,6,8,11-13H2,(H,24,25,26,27)/t17-,18-/m0/s1. The Hall–Kier alpha value is -2.68. The molecule has 0 saturated carbocycles. The third-order valence-electron chi connectivity index (χ3n) is 5.05. The number of halogens is 1. The van der Waals surface area contributed by atoms with Crippen molar-refractivity contribution in [2.75, 3.05) is 13.2 Å². The van der Waals surface area contributed by atoms with Crippen molar-refractivity contribution in [1.29, 1.82) is 0 Å². The SMILES string of the molecule is O[C@@H](CN[C@H]1CCc2ccc(OCc3nnn[nH]3)cc2C1)COc1cccc(Cl)c1. The van der Waals surface area contributed by atoms with Crippen LogP contribution in [-0.4, -0.2) is 51.0 Å². The van der Waals surface area contributed by atoms with Gasteiger partial charge in [0.1, 0.15) is 30.8 Å². The van der Waals surface area contributed by atoms with Gasteiger partial charge in [-0.05, 0) is 71.1 Å². The predicted molar refractivity (Wildman–Crippen MR) is 112 cm³/mol. The number of aliphatic hydroxyl groups is 1. The summed E-state index contributed by atoms with van der Waals surface area (Å²) in [6.07, 6.45) is 2.31. The van der Waals surface area contributed by atoms with Crippen LogP contribution < -0.4 is 14.8 Å². The van der Waals surface area contributed by atoms with Crippen molar-refractivity contribution in [3.8, 4) is 11.5 Å². The van der Waals surface area contributed by atoms with Gasteiger partial charge in [0.2, 0.25) is 0 Å². The van der Waals surface area contributed by atoms with Crippen molar-refractivity contribution in [2.45, 2.75) is 38.0 Å². The minimum Gasteiger partial charge on any atom is -0.491 e. The number of benzene rings is 2. The molecule has 8 nitrogen and oxygen atoms in total. The smallest absolute Gasteiger partial charge is 0.186 e. The Bertz CT molecular complexity index is 954. The van der Waals surface area contributed by atoms with E-state index in [0.717, 1.165) is 25.0 Å². The van der Waals surface area contributed by atoms with Crippen molar-refractivity contribution in [3.63, 3.8) is 0 Å². The van der Waals surface area contributed by atoms with E-state index in [-0.39, 0.29) is 6.61 Å². The van der Waals surface area contributed by atoms with Gasteiger partial charge in [-0.15, -0.1) is 5.10 Å². The van der Waals surface area contributed by atoms with E-state index in [0.29, 0.717) is 35.8 Å². The number of hydrogen-bond donors (Lipinski definition) is 3. The summed E-state index contributed by atoms with van der Waals surface area (Å²) < 4.78 is 11.4. The number of fused-ring (bicyclic) bond motifs is 1. The fraction of sp³-hybridized carbons (Fsp3) is 0.381. The Kier molecular flexibility index (Phi) is 6.78. The molecule has 0 aliphatic heterocycles. The number of hydrogen-bond acceptors (Lipinski definition) is 7. The molecule has 1 aliphatic carbocycles. The lowest BCUT2D eigenvalue weighted by Crippen LogP contribution is -2.40. The quantitative estimate of drug-likeness (QED) is 0.479.